The van der Waals surface area contributed by atoms with Crippen LogP contribution in [-0.2, 0) is 27.2 Å². The maximum absolute atomic E-state index is 11.4. The Hall–Kier alpha value is -1.47. The van der Waals surface area contributed by atoms with Crippen molar-refractivity contribution < 1.29 is 14.3 Å². The van der Waals surface area contributed by atoms with Crippen LogP contribution in [0.5, 0.6) is 0 Å². The number of ether oxygens (including phenoxy) is 1. The first kappa shape index (κ1) is 16.9. The molecule has 1 atom stereocenters. The molecular formula is C15H20N2O3S2. The van der Waals surface area contributed by atoms with E-state index in [1.807, 2.05) is 11.6 Å². The molecule has 2 N–H and O–H groups in total. The summed E-state index contributed by atoms with van der Waals surface area (Å²) in [5.74, 6) is -0.233. The van der Waals surface area contributed by atoms with Gasteiger partial charge in [-0.05, 0) is 35.3 Å². The molecule has 0 spiro atoms. The third kappa shape index (κ3) is 4.78. The minimum absolute atomic E-state index is 0.0475. The molecule has 1 amide bonds. The number of hydrogen-bond acceptors (Lipinski definition) is 6. The van der Waals surface area contributed by atoms with Crippen LogP contribution < -0.4 is 10.6 Å². The van der Waals surface area contributed by atoms with Crippen molar-refractivity contribution in [2.24, 2.45) is 0 Å². The van der Waals surface area contributed by atoms with E-state index in [1.165, 1.54) is 18.9 Å². The molecule has 0 aliphatic carbocycles. The highest BCUT2D eigenvalue weighted by Crippen LogP contribution is 2.31. The summed E-state index contributed by atoms with van der Waals surface area (Å²) in [6.45, 7) is 1.53. The fourth-order valence-electron chi connectivity index (χ4n) is 2.23. The third-order valence-corrected chi connectivity index (χ3v) is 5.45. The molecule has 7 heteroatoms. The summed E-state index contributed by atoms with van der Waals surface area (Å²) in [4.78, 5) is 23.3. The molecule has 0 bridgehead atoms. The molecule has 0 fully saturated rings. The molecule has 0 aromatic carbocycles. The van der Waals surface area contributed by atoms with Crippen molar-refractivity contribution in [1.82, 2.24) is 10.6 Å². The monoisotopic (exact) mass is 340 g/mol. The highest BCUT2D eigenvalue weighted by atomic mass is 32.2. The lowest BCUT2D eigenvalue weighted by atomic mass is 10.1. The average Bonchev–Trinajstić information content (AvgIpc) is 3.12. The average molecular weight is 340 g/mol. The van der Waals surface area contributed by atoms with E-state index in [0.29, 0.717) is 12.8 Å². The molecular weight excluding hydrogens is 320 g/mol. The molecule has 1 aliphatic heterocycles. The van der Waals surface area contributed by atoms with Gasteiger partial charge in [-0.1, -0.05) is 11.8 Å². The quantitative estimate of drug-likeness (QED) is 0.746. The summed E-state index contributed by atoms with van der Waals surface area (Å²) in [6.07, 6.45) is 4.63. The van der Waals surface area contributed by atoms with Gasteiger partial charge in [-0.25, -0.2) is 0 Å². The first-order valence-corrected chi connectivity index (χ1v) is 8.81. The predicted molar refractivity (Wildman–Crippen MR) is 89.4 cm³/mol. The fourth-order valence-corrected chi connectivity index (χ4v) is 4.09. The van der Waals surface area contributed by atoms with Crippen LogP contribution in [0.4, 0.5) is 0 Å². The Morgan fingerprint density at radius 1 is 1.41 bits per heavy atom. The van der Waals surface area contributed by atoms with E-state index < -0.39 is 4.99 Å². The summed E-state index contributed by atoms with van der Waals surface area (Å²) in [5.41, 5.74) is 1.16. The number of hydrogen-bond donors (Lipinski definition) is 2. The van der Waals surface area contributed by atoms with Crippen molar-refractivity contribution in [2.45, 2.75) is 37.6 Å². The second kappa shape index (κ2) is 7.69. The van der Waals surface area contributed by atoms with E-state index in [-0.39, 0.29) is 11.9 Å². The number of thiophene rings is 1. The molecule has 2 rings (SSSR count). The molecule has 2 heterocycles. The Balaban J connectivity index is 1.87. The summed E-state index contributed by atoms with van der Waals surface area (Å²) in [6, 6.07) is 2.13. The van der Waals surface area contributed by atoms with Gasteiger partial charge in [-0.15, -0.1) is 11.3 Å². The fraction of sp³-hybridized carbons (Fsp3) is 0.467. The Morgan fingerprint density at radius 3 is 2.86 bits per heavy atom. The molecule has 1 unspecified atom stereocenters. The number of thioether (sulfide) groups is 1. The van der Waals surface area contributed by atoms with Crippen LogP contribution in [0.15, 0.2) is 23.1 Å². The Kier molecular flexibility index (Phi) is 5.90. The lowest BCUT2D eigenvalue weighted by Crippen LogP contribution is -2.52. The number of methoxy groups -OCH3 is 1. The number of aryl methyl sites for hydroxylation is 2. The second-order valence-electron chi connectivity index (χ2n) is 5.07. The molecule has 0 saturated heterocycles. The van der Waals surface area contributed by atoms with Gasteiger partial charge in [0.1, 0.15) is 0 Å². The summed E-state index contributed by atoms with van der Waals surface area (Å²) < 4.78 is 4.65. The zero-order chi connectivity index (χ0) is 16.0. The molecule has 5 nitrogen and oxygen atoms in total. The number of rotatable bonds is 7. The number of amides is 1. The minimum atomic E-state index is -0.442. The number of nitrogens with one attached hydrogen (secondary N) is 2. The number of carbonyl (C=O) groups excluding carboxylic acids is 2. The van der Waals surface area contributed by atoms with Crippen LogP contribution >= 0.6 is 23.1 Å². The highest BCUT2D eigenvalue weighted by Gasteiger charge is 2.32. The van der Waals surface area contributed by atoms with Crippen LogP contribution in [0.1, 0.15) is 30.2 Å². The van der Waals surface area contributed by atoms with Gasteiger partial charge in [-0.2, -0.15) is 0 Å². The van der Waals surface area contributed by atoms with Gasteiger partial charge in [0, 0.05) is 30.8 Å². The summed E-state index contributed by atoms with van der Waals surface area (Å²) in [5, 5.41) is 10.2. The summed E-state index contributed by atoms with van der Waals surface area (Å²) >= 11 is 3.27. The molecule has 1 aliphatic rings. The lowest BCUT2D eigenvalue weighted by Gasteiger charge is -2.29. The normalized spacial score (nSPS) is 19.7. The zero-order valence-corrected chi connectivity index (χ0v) is 14.3. The highest BCUT2D eigenvalue weighted by molar-refractivity contribution is 8.03. The van der Waals surface area contributed by atoms with Gasteiger partial charge in [0.2, 0.25) is 5.91 Å². The van der Waals surface area contributed by atoms with Crippen LogP contribution in [0.25, 0.3) is 0 Å². The summed E-state index contributed by atoms with van der Waals surface area (Å²) in [7, 11) is 1.41. The molecule has 0 saturated carbocycles. The second-order valence-corrected chi connectivity index (χ2v) is 7.27. The minimum Gasteiger partial charge on any atom is -0.469 e. The molecule has 1 aromatic rings. The van der Waals surface area contributed by atoms with Gasteiger partial charge < -0.3 is 15.4 Å². The van der Waals surface area contributed by atoms with E-state index >= 15 is 0 Å². The largest absolute Gasteiger partial charge is 0.469 e. The Morgan fingerprint density at radius 2 is 2.23 bits per heavy atom. The van der Waals surface area contributed by atoms with Gasteiger partial charge in [-0.3, -0.25) is 9.59 Å². The molecule has 0 radical (unpaired) electrons. The first-order chi connectivity index (χ1) is 10.5. The lowest BCUT2D eigenvalue weighted by molar-refractivity contribution is -0.140. The van der Waals surface area contributed by atoms with Crippen molar-refractivity contribution in [3.05, 3.63) is 33.5 Å². The number of esters is 1. The Labute approximate surface area is 138 Å². The van der Waals surface area contributed by atoms with Gasteiger partial charge >= 0.3 is 5.97 Å². The standard InChI is InChI=1S/C15H20N2O3S2/c1-11(18)17-15(16-7-8-22-15)6-5-13-9-12(10-21-13)3-4-14(19)20-2/h7-10,16H,3-6H2,1-2H3,(H,17,18). The van der Waals surface area contributed by atoms with Crippen molar-refractivity contribution in [1.29, 1.82) is 0 Å². The van der Waals surface area contributed by atoms with Crippen molar-refractivity contribution in [2.75, 3.05) is 7.11 Å². The SMILES string of the molecule is COC(=O)CCc1csc(CCC2(NC(C)=O)NC=CS2)c1. The van der Waals surface area contributed by atoms with E-state index in [2.05, 4.69) is 26.8 Å². The van der Waals surface area contributed by atoms with Crippen LogP contribution in [0, 0.1) is 0 Å². The van der Waals surface area contributed by atoms with Crippen molar-refractivity contribution in [3.8, 4) is 0 Å². The van der Waals surface area contributed by atoms with Crippen molar-refractivity contribution >= 4 is 35.0 Å². The predicted octanol–water partition coefficient (Wildman–Crippen LogP) is 2.38. The van der Waals surface area contributed by atoms with Gasteiger partial charge in [0.25, 0.3) is 0 Å². The maximum atomic E-state index is 11.4. The third-order valence-electron chi connectivity index (χ3n) is 3.31. The zero-order valence-electron chi connectivity index (χ0n) is 12.7. The van der Waals surface area contributed by atoms with E-state index in [9.17, 15) is 9.59 Å². The first-order valence-electron chi connectivity index (χ1n) is 7.05. The topological polar surface area (TPSA) is 67.4 Å². The smallest absolute Gasteiger partial charge is 0.305 e. The molecule has 1 aromatic heterocycles. The van der Waals surface area contributed by atoms with Gasteiger partial charge in [0.05, 0.1) is 7.11 Å². The van der Waals surface area contributed by atoms with E-state index in [4.69, 9.17) is 0 Å². The van der Waals surface area contributed by atoms with E-state index in [1.54, 1.807) is 23.1 Å². The number of carbonyl (C=O) groups is 2. The van der Waals surface area contributed by atoms with Crippen LogP contribution in [-0.4, -0.2) is 24.0 Å². The van der Waals surface area contributed by atoms with Crippen LogP contribution in [0.2, 0.25) is 0 Å². The maximum Gasteiger partial charge on any atom is 0.305 e. The van der Waals surface area contributed by atoms with Crippen LogP contribution in [0.3, 0.4) is 0 Å². The van der Waals surface area contributed by atoms with Gasteiger partial charge in [0.15, 0.2) is 4.99 Å². The molecule has 120 valence electrons. The Bertz CT molecular complexity index is 561. The molecule has 22 heavy (non-hydrogen) atoms. The van der Waals surface area contributed by atoms with Crippen molar-refractivity contribution in [3.63, 3.8) is 0 Å². The van der Waals surface area contributed by atoms with E-state index in [0.717, 1.165) is 18.4 Å².